The van der Waals surface area contributed by atoms with Crippen LogP contribution in [0, 0.1) is 5.82 Å². The Bertz CT molecular complexity index is 862. The molecule has 3 rings (SSSR count). The van der Waals surface area contributed by atoms with Crippen molar-refractivity contribution in [2.45, 2.75) is 13.5 Å². The molecule has 0 saturated heterocycles. The summed E-state index contributed by atoms with van der Waals surface area (Å²) in [6.07, 6.45) is 3.08. The second-order valence-electron chi connectivity index (χ2n) is 5.25. The Labute approximate surface area is 144 Å². The maximum Gasteiger partial charge on any atom is 0.255 e. The van der Waals surface area contributed by atoms with Crippen LogP contribution < -0.4 is 10.1 Å². The van der Waals surface area contributed by atoms with E-state index in [0.717, 1.165) is 5.56 Å². The Kier molecular flexibility index (Phi) is 5.03. The average Bonchev–Trinajstić information content (AvgIpc) is 3.11. The van der Waals surface area contributed by atoms with Gasteiger partial charge in [-0.1, -0.05) is 6.07 Å². The molecule has 7 heteroatoms. The van der Waals surface area contributed by atoms with Crippen LogP contribution in [-0.2, 0) is 6.54 Å². The molecule has 0 saturated carbocycles. The number of ether oxygens (including phenoxy) is 1. The van der Waals surface area contributed by atoms with Crippen molar-refractivity contribution in [1.82, 2.24) is 20.5 Å². The van der Waals surface area contributed by atoms with Crippen molar-refractivity contribution in [3.63, 3.8) is 0 Å². The van der Waals surface area contributed by atoms with E-state index in [1.807, 2.05) is 13.0 Å². The number of benzene rings is 1. The third kappa shape index (κ3) is 3.82. The lowest BCUT2D eigenvalue weighted by Gasteiger charge is -2.10. The van der Waals surface area contributed by atoms with E-state index in [0.29, 0.717) is 29.3 Å². The third-order valence-corrected chi connectivity index (χ3v) is 3.59. The second-order valence-corrected chi connectivity index (χ2v) is 5.25. The van der Waals surface area contributed by atoms with Crippen LogP contribution in [0.1, 0.15) is 22.8 Å². The Hall–Kier alpha value is -3.22. The van der Waals surface area contributed by atoms with Crippen LogP contribution in [0.2, 0.25) is 0 Å². The first-order valence-electron chi connectivity index (χ1n) is 7.83. The summed E-state index contributed by atoms with van der Waals surface area (Å²) in [6, 6.07) is 9.48. The van der Waals surface area contributed by atoms with Gasteiger partial charge in [-0.15, -0.1) is 0 Å². The zero-order valence-corrected chi connectivity index (χ0v) is 13.6. The minimum absolute atomic E-state index is 0.274. The summed E-state index contributed by atoms with van der Waals surface area (Å²) in [7, 11) is 0. The molecule has 0 unspecified atom stereocenters. The van der Waals surface area contributed by atoms with Crippen LogP contribution in [-0.4, -0.2) is 27.7 Å². The summed E-state index contributed by atoms with van der Waals surface area (Å²) in [5, 5.41) is 9.54. The zero-order chi connectivity index (χ0) is 17.6. The highest BCUT2D eigenvalue weighted by Crippen LogP contribution is 2.21. The van der Waals surface area contributed by atoms with Gasteiger partial charge in [0.2, 0.25) is 5.88 Å². The SMILES string of the molecule is CCOc1ncccc1CNC(=O)c1cn[nH]c1-c1ccc(F)cc1. The van der Waals surface area contributed by atoms with Gasteiger partial charge in [-0.25, -0.2) is 9.37 Å². The number of carbonyl (C=O) groups excluding carboxylic acids is 1. The molecule has 0 aliphatic rings. The number of rotatable bonds is 6. The van der Waals surface area contributed by atoms with E-state index >= 15 is 0 Å². The van der Waals surface area contributed by atoms with Gasteiger partial charge >= 0.3 is 0 Å². The summed E-state index contributed by atoms with van der Waals surface area (Å²) < 4.78 is 18.5. The van der Waals surface area contributed by atoms with Gasteiger partial charge in [0.25, 0.3) is 5.91 Å². The van der Waals surface area contributed by atoms with Gasteiger partial charge in [-0.05, 0) is 37.3 Å². The molecule has 0 radical (unpaired) electrons. The molecule has 6 nitrogen and oxygen atoms in total. The van der Waals surface area contributed by atoms with Crippen molar-refractivity contribution in [1.29, 1.82) is 0 Å². The fourth-order valence-electron chi connectivity index (χ4n) is 2.39. The van der Waals surface area contributed by atoms with Gasteiger partial charge in [0.1, 0.15) is 5.82 Å². The fraction of sp³-hybridized carbons (Fsp3) is 0.167. The van der Waals surface area contributed by atoms with Crippen LogP contribution in [0.4, 0.5) is 4.39 Å². The topological polar surface area (TPSA) is 79.9 Å². The Balaban J connectivity index is 1.75. The average molecular weight is 340 g/mol. The molecule has 2 heterocycles. The van der Waals surface area contributed by atoms with Crippen molar-refractivity contribution >= 4 is 5.91 Å². The summed E-state index contributed by atoms with van der Waals surface area (Å²) in [6.45, 7) is 2.64. The van der Waals surface area contributed by atoms with E-state index < -0.39 is 0 Å². The van der Waals surface area contributed by atoms with E-state index in [4.69, 9.17) is 4.74 Å². The van der Waals surface area contributed by atoms with Crippen molar-refractivity contribution in [3.8, 4) is 17.1 Å². The number of aromatic amines is 1. The molecule has 3 aromatic rings. The largest absolute Gasteiger partial charge is 0.478 e. The van der Waals surface area contributed by atoms with Gasteiger partial charge in [-0.3, -0.25) is 9.89 Å². The number of nitrogens with zero attached hydrogens (tertiary/aromatic N) is 2. The molecule has 2 aromatic heterocycles. The fourth-order valence-corrected chi connectivity index (χ4v) is 2.39. The number of aromatic nitrogens is 3. The summed E-state index contributed by atoms with van der Waals surface area (Å²) >= 11 is 0. The van der Waals surface area contributed by atoms with E-state index in [9.17, 15) is 9.18 Å². The highest BCUT2D eigenvalue weighted by Gasteiger charge is 2.16. The monoisotopic (exact) mass is 340 g/mol. The Morgan fingerprint density at radius 3 is 2.84 bits per heavy atom. The molecule has 1 aromatic carbocycles. The van der Waals surface area contributed by atoms with Gasteiger partial charge in [0.15, 0.2) is 0 Å². The number of halogens is 1. The maximum atomic E-state index is 13.1. The zero-order valence-electron chi connectivity index (χ0n) is 13.6. The summed E-state index contributed by atoms with van der Waals surface area (Å²) in [5.74, 6) is -0.134. The maximum absolute atomic E-state index is 13.1. The molecular weight excluding hydrogens is 323 g/mol. The number of hydrogen-bond acceptors (Lipinski definition) is 4. The van der Waals surface area contributed by atoms with Gasteiger partial charge in [0.05, 0.1) is 24.1 Å². The van der Waals surface area contributed by atoms with Crippen molar-refractivity contribution in [3.05, 3.63) is 65.7 Å². The molecule has 0 aliphatic heterocycles. The molecule has 128 valence electrons. The third-order valence-electron chi connectivity index (χ3n) is 3.59. The molecular formula is C18H17FN4O2. The normalized spacial score (nSPS) is 10.5. The molecule has 0 bridgehead atoms. The predicted molar refractivity (Wildman–Crippen MR) is 90.6 cm³/mol. The highest BCUT2D eigenvalue weighted by molar-refractivity contribution is 5.99. The summed E-state index contributed by atoms with van der Waals surface area (Å²) in [5.41, 5.74) is 2.38. The lowest BCUT2D eigenvalue weighted by Crippen LogP contribution is -2.23. The molecule has 1 amide bonds. The molecule has 0 atom stereocenters. The number of hydrogen-bond donors (Lipinski definition) is 2. The number of carbonyl (C=O) groups is 1. The second kappa shape index (κ2) is 7.57. The van der Waals surface area contributed by atoms with Crippen molar-refractivity contribution in [2.75, 3.05) is 6.61 Å². The predicted octanol–water partition coefficient (Wildman–Crippen LogP) is 2.94. The van der Waals surface area contributed by atoms with Gasteiger partial charge in [0, 0.05) is 23.9 Å². The molecule has 25 heavy (non-hydrogen) atoms. The van der Waals surface area contributed by atoms with Gasteiger partial charge in [-0.2, -0.15) is 5.10 Å². The first-order chi connectivity index (χ1) is 12.2. The quantitative estimate of drug-likeness (QED) is 0.723. The highest BCUT2D eigenvalue weighted by atomic mass is 19.1. The first kappa shape index (κ1) is 16.6. The smallest absolute Gasteiger partial charge is 0.255 e. The Morgan fingerprint density at radius 1 is 1.28 bits per heavy atom. The number of nitrogens with one attached hydrogen (secondary N) is 2. The number of amides is 1. The minimum atomic E-state index is -0.339. The van der Waals surface area contributed by atoms with Gasteiger partial charge < -0.3 is 10.1 Å². The molecule has 0 aliphatic carbocycles. The molecule has 0 spiro atoms. The molecule has 2 N–H and O–H groups in total. The van der Waals surface area contributed by atoms with E-state index in [2.05, 4.69) is 20.5 Å². The molecule has 0 fully saturated rings. The van der Waals surface area contributed by atoms with Crippen molar-refractivity contribution < 1.29 is 13.9 Å². The van der Waals surface area contributed by atoms with E-state index in [1.165, 1.54) is 18.3 Å². The summed E-state index contributed by atoms with van der Waals surface area (Å²) in [4.78, 5) is 16.7. The lowest BCUT2D eigenvalue weighted by atomic mass is 10.1. The lowest BCUT2D eigenvalue weighted by molar-refractivity contribution is 0.0951. The standard InChI is InChI=1S/C18H17FN4O2/c1-2-25-18-13(4-3-9-20-18)10-21-17(24)15-11-22-23-16(15)12-5-7-14(19)8-6-12/h3-9,11H,2,10H2,1H3,(H,21,24)(H,22,23). The number of H-pyrrole nitrogens is 1. The van der Waals surface area contributed by atoms with Crippen LogP contribution in [0.15, 0.2) is 48.8 Å². The number of pyridine rings is 1. The van der Waals surface area contributed by atoms with Crippen LogP contribution in [0.25, 0.3) is 11.3 Å². The van der Waals surface area contributed by atoms with Crippen LogP contribution >= 0.6 is 0 Å². The Morgan fingerprint density at radius 2 is 2.08 bits per heavy atom. The van der Waals surface area contributed by atoms with Crippen molar-refractivity contribution in [2.24, 2.45) is 0 Å². The minimum Gasteiger partial charge on any atom is -0.478 e. The van der Waals surface area contributed by atoms with Crippen LogP contribution in [0.3, 0.4) is 0 Å². The first-order valence-corrected chi connectivity index (χ1v) is 7.83. The van der Waals surface area contributed by atoms with Crippen LogP contribution in [0.5, 0.6) is 5.88 Å². The van der Waals surface area contributed by atoms with E-state index in [1.54, 1.807) is 24.4 Å². The van der Waals surface area contributed by atoms with E-state index in [-0.39, 0.29) is 18.3 Å².